The van der Waals surface area contributed by atoms with Gasteiger partial charge in [-0.2, -0.15) is 0 Å². The summed E-state index contributed by atoms with van der Waals surface area (Å²) in [6.07, 6.45) is 4.76. The Morgan fingerprint density at radius 3 is 2.67 bits per heavy atom. The highest BCUT2D eigenvalue weighted by molar-refractivity contribution is 5.86. The lowest BCUT2D eigenvalue weighted by molar-refractivity contribution is -0.134. The van der Waals surface area contributed by atoms with Gasteiger partial charge in [0.2, 0.25) is 0 Å². The standard InChI is InChI=1S/C10H15FO/c11-9-6-5-7-3-1-2-4-8(7)10(9)12/h7-9H,1-6H2. The van der Waals surface area contributed by atoms with E-state index in [0.717, 1.165) is 25.7 Å². The van der Waals surface area contributed by atoms with E-state index in [1.54, 1.807) is 0 Å². The molecule has 0 amide bonds. The van der Waals surface area contributed by atoms with E-state index in [-0.39, 0.29) is 11.7 Å². The number of carbonyl (C=O) groups excluding carboxylic acids is 1. The van der Waals surface area contributed by atoms with Crippen LogP contribution in [0.4, 0.5) is 4.39 Å². The Hall–Kier alpha value is -0.400. The first kappa shape index (κ1) is 8.21. The van der Waals surface area contributed by atoms with Crippen LogP contribution >= 0.6 is 0 Å². The fourth-order valence-corrected chi connectivity index (χ4v) is 2.66. The van der Waals surface area contributed by atoms with Crippen LogP contribution in [0, 0.1) is 11.8 Å². The summed E-state index contributed by atoms with van der Waals surface area (Å²) in [6, 6.07) is 0. The van der Waals surface area contributed by atoms with E-state index < -0.39 is 6.17 Å². The molecule has 0 spiro atoms. The third kappa shape index (κ3) is 1.27. The Labute approximate surface area is 72.3 Å². The Balaban J connectivity index is 2.08. The predicted octanol–water partition coefficient (Wildman–Crippen LogP) is 2.49. The maximum Gasteiger partial charge on any atom is 0.170 e. The summed E-state index contributed by atoms with van der Waals surface area (Å²) >= 11 is 0. The number of Topliss-reactive ketones (excluding diaryl/α,β-unsaturated/α-hetero) is 1. The smallest absolute Gasteiger partial charge is 0.170 e. The van der Waals surface area contributed by atoms with E-state index in [9.17, 15) is 9.18 Å². The van der Waals surface area contributed by atoms with Crippen molar-refractivity contribution in [2.45, 2.75) is 44.7 Å². The van der Waals surface area contributed by atoms with Crippen molar-refractivity contribution in [3.8, 4) is 0 Å². The molecule has 1 nitrogen and oxygen atoms in total. The average molecular weight is 170 g/mol. The molecule has 0 bridgehead atoms. The fourth-order valence-electron chi connectivity index (χ4n) is 2.66. The summed E-state index contributed by atoms with van der Waals surface area (Å²) < 4.78 is 13.0. The first-order chi connectivity index (χ1) is 5.79. The Kier molecular flexibility index (Phi) is 2.16. The summed E-state index contributed by atoms with van der Waals surface area (Å²) in [5.74, 6) is 0.520. The van der Waals surface area contributed by atoms with Crippen LogP contribution in [0.5, 0.6) is 0 Å². The van der Waals surface area contributed by atoms with E-state index >= 15 is 0 Å². The molecule has 3 unspecified atom stereocenters. The van der Waals surface area contributed by atoms with Gasteiger partial charge >= 0.3 is 0 Å². The maximum absolute atomic E-state index is 13.0. The number of hydrogen-bond donors (Lipinski definition) is 0. The molecular formula is C10H15FO. The quantitative estimate of drug-likeness (QED) is 0.546. The van der Waals surface area contributed by atoms with Gasteiger partial charge in [0.1, 0.15) is 0 Å². The topological polar surface area (TPSA) is 17.1 Å². The molecule has 2 fully saturated rings. The molecule has 0 aliphatic heterocycles. The molecule has 0 aromatic heterocycles. The average Bonchev–Trinajstić information content (AvgIpc) is 2.12. The zero-order valence-electron chi connectivity index (χ0n) is 7.26. The van der Waals surface area contributed by atoms with Crippen LogP contribution in [-0.2, 0) is 4.79 Å². The van der Waals surface area contributed by atoms with E-state index in [4.69, 9.17) is 0 Å². The summed E-state index contributed by atoms with van der Waals surface area (Å²) in [7, 11) is 0. The third-order valence-electron chi connectivity index (χ3n) is 3.37. The van der Waals surface area contributed by atoms with E-state index in [1.807, 2.05) is 0 Å². The number of ketones is 1. The highest BCUT2D eigenvalue weighted by Gasteiger charge is 2.38. The molecule has 2 saturated carbocycles. The third-order valence-corrected chi connectivity index (χ3v) is 3.37. The molecule has 0 heterocycles. The van der Waals surface area contributed by atoms with Gasteiger partial charge in [0, 0.05) is 5.92 Å². The Morgan fingerprint density at radius 1 is 1.08 bits per heavy atom. The van der Waals surface area contributed by atoms with Gasteiger partial charge in [-0.3, -0.25) is 4.79 Å². The number of rotatable bonds is 0. The van der Waals surface area contributed by atoms with Crippen LogP contribution in [0.2, 0.25) is 0 Å². The molecule has 2 aliphatic rings. The van der Waals surface area contributed by atoms with Crippen LogP contribution in [0.1, 0.15) is 38.5 Å². The maximum atomic E-state index is 13.0. The predicted molar refractivity (Wildman–Crippen MR) is 44.6 cm³/mol. The first-order valence-corrected chi connectivity index (χ1v) is 4.97. The second-order valence-electron chi connectivity index (χ2n) is 4.10. The number of alkyl halides is 1. The molecule has 0 saturated heterocycles. The van der Waals surface area contributed by atoms with Crippen molar-refractivity contribution < 1.29 is 9.18 Å². The van der Waals surface area contributed by atoms with Crippen molar-refractivity contribution in [1.29, 1.82) is 0 Å². The molecule has 0 aromatic rings. The fraction of sp³-hybridized carbons (Fsp3) is 0.900. The number of carbonyl (C=O) groups is 1. The molecule has 2 rings (SSSR count). The molecule has 12 heavy (non-hydrogen) atoms. The van der Waals surface area contributed by atoms with Crippen LogP contribution in [-0.4, -0.2) is 12.0 Å². The van der Waals surface area contributed by atoms with Crippen molar-refractivity contribution >= 4 is 5.78 Å². The highest BCUT2D eigenvalue weighted by Crippen LogP contribution is 2.39. The van der Waals surface area contributed by atoms with Crippen LogP contribution in [0.25, 0.3) is 0 Å². The van der Waals surface area contributed by atoms with Crippen molar-refractivity contribution in [2.24, 2.45) is 11.8 Å². The molecule has 0 radical (unpaired) electrons. The van der Waals surface area contributed by atoms with Crippen LogP contribution < -0.4 is 0 Å². The summed E-state index contributed by atoms with van der Waals surface area (Å²) in [4.78, 5) is 11.4. The molecule has 2 aliphatic carbocycles. The Bertz CT molecular complexity index is 190. The molecule has 2 heteroatoms. The van der Waals surface area contributed by atoms with Gasteiger partial charge in [-0.1, -0.05) is 12.8 Å². The second kappa shape index (κ2) is 3.15. The number of hydrogen-bond acceptors (Lipinski definition) is 1. The molecule has 0 aromatic carbocycles. The lowest BCUT2D eigenvalue weighted by atomic mass is 9.70. The lowest BCUT2D eigenvalue weighted by Gasteiger charge is -2.35. The molecule has 3 atom stereocenters. The van der Waals surface area contributed by atoms with Crippen molar-refractivity contribution in [1.82, 2.24) is 0 Å². The number of halogens is 1. The minimum Gasteiger partial charge on any atom is -0.296 e. The van der Waals surface area contributed by atoms with E-state index in [0.29, 0.717) is 12.3 Å². The summed E-state index contributed by atoms with van der Waals surface area (Å²) in [5, 5.41) is 0. The minimum absolute atomic E-state index is 0.0856. The Morgan fingerprint density at radius 2 is 1.83 bits per heavy atom. The number of fused-ring (bicyclic) bond motifs is 1. The van der Waals surface area contributed by atoms with Crippen LogP contribution in [0.15, 0.2) is 0 Å². The van der Waals surface area contributed by atoms with Gasteiger partial charge in [0.25, 0.3) is 0 Å². The second-order valence-corrected chi connectivity index (χ2v) is 4.10. The molecular weight excluding hydrogens is 155 g/mol. The molecule has 0 N–H and O–H groups in total. The SMILES string of the molecule is O=C1C(F)CCC2CCCCC12. The largest absolute Gasteiger partial charge is 0.296 e. The highest BCUT2D eigenvalue weighted by atomic mass is 19.1. The summed E-state index contributed by atoms with van der Waals surface area (Å²) in [6.45, 7) is 0. The van der Waals surface area contributed by atoms with Crippen molar-refractivity contribution in [3.63, 3.8) is 0 Å². The van der Waals surface area contributed by atoms with Gasteiger partial charge < -0.3 is 0 Å². The van der Waals surface area contributed by atoms with E-state index in [1.165, 1.54) is 6.42 Å². The molecule has 68 valence electrons. The van der Waals surface area contributed by atoms with Crippen molar-refractivity contribution in [2.75, 3.05) is 0 Å². The summed E-state index contributed by atoms with van der Waals surface area (Å²) in [5.41, 5.74) is 0. The minimum atomic E-state index is -1.13. The normalized spacial score (nSPS) is 42.4. The first-order valence-electron chi connectivity index (χ1n) is 4.97. The van der Waals surface area contributed by atoms with Gasteiger partial charge in [0.15, 0.2) is 12.0 Å². The monoisotopic (exact) mass is 170 g/mol. The van der Waals surface area contributed by atoms with Crippen molar-refractivity contribution in [3.05, 3.63) is 0 Å². The van der Waals surface area contributed by atoms with Gasteiger partial charge in [-0.15, -0.1) is 0 Å². The van der Waals surface area contributed by atoms with Gasteiger partial charge in [-0.05, 0) is 31.6 Å². The van der Waals surface area contributed by atoms with Gasteiger partial charge in [0.05, 0.1) is 0 Å². The lowest BCUT2D eigenvalue weighted by Crippen LogP contribution is -2.37. The van der Waals surface area contributed by atoms with Gasteiger partial charge in [-0.25, -0.2) is 4.39 Å². The zero-order valence-corrected chi connectivity index (χ0v) is 7.26. The van der Waals surface area contributed by atoms with Crippen LogP contribution in [0.3, 0.4) is 0 Å². The van der Waals surface area contributed by atoms with E-state index in [2.05, 4.69) is 0 Å². The zero-order chi connectivity index (χ0) is 8.55.